The second kappa shape index (κ2) is 7.67. The molecule has 1 saturated heterocycles. The van der Waals surface area contributed by atoms with Crippen LogP contribution in [0.1, 0.15) is 53.4 Å². The van der Waals surface area contributed by atoms with Crippen LogP contribution in [0.2, 0.25) is 0 Å². The van der Waals surface area contributed by atoms with Crippen molar-refractivity contribution in [1.82, 2.24) is 14.8 Å². The molecular formula is C22H29N3O2. The number of piperazine rings is 1. The molecule has 1 aromatic heterocycles. The van der Waals surface area contributed by atoms with E-state index in [1.54, 1.807) is 9.80 Å². The standard InChI is InChI=1S/C22H29N3O2/c1-6-7-8-19-21(26)24(5)11-12-25(19)22(27)20-15(3)16(4)23-18-10-9-14(2)13-17(18)20/h9-10,13,19H,6-8,11-12H2,1-5H3. The van der Waals surface area contributed by atoms with Crippen molar-refractivity contribution in [2.45, 2.75) is 53.0 Å². The van der Waals surface area contributed by atoms with Gasteiger partial charge in [0.15, 0.2) is 0 Å². The van der Waals surface area contributed by atoms with Crippen LogP contribution >= 0.6 is 0 Å². The van der Waals surface area contributed by atoms with Crippen molar-refractivity contribution >= 4 is 22.7 Å². The molecule has 0 spiro atoms. The minimum absolute atomic E-state index is 0.0452. The van der Waals surface area contributed by atoms with Crippen molar-refractivity contribution in [1.29, 1.82) is 0 Å². The second-order valence-corrected chi connectivity index (χ2v) is 7.63. The molecule has 1 aromatic carbocycles. The lowest BCUT2D eigenvalue weighted by Gasteiger charge is -2.39. The summed E-state index contributed by atoms with van der Waals surface area (Å²) in [5, 5.41) is 0.878. The van der Waals surface area contributed by atoms with E-state index in [0.29, 0.717) is 25.1 Å². The topological polar surface area (TPSA) is 53.5 Å². The molecule has 2 amide bonds. The molecule has 144 valence electrons. The van der Waals surface area contributed by atoms with Gasteiger partial charge in [-0.1, -0.05) is 31.4 Å². The van der Waals surface area contributed by atoms with E-state index in [1.807, 2.05) is 46.0 Å². The Hall–Kier alpha value is -2.43. The Morgan fingerprint density at radius 1 is 1.22 bits per heavy atom. The highest BCUT2D eigenvalue weighted by Crippen LogP contribution is 2.28. The molecule has 27 heavy (non-hydrogen) atoms. The molecule has 1 aliphatic rings. The van der Waals surface area contributed by atoms with Gasteiger partial charge in [0.2, 0.25) is 5.91 Å². The van der Waals surface area contributed by atoms with Gasteiger partial charge in [0.05, 0.1) is 11.1 Å². The van der Waals surface area contributed by atoms with Gasteiger partial charge < -0.3 is 9.80 Å². The number of hydrogen-bond acceptors (Lipinski definition) is 3. The van der Waals surface area contributed by atoms with Gasteiger partial charge in [0, 0.05) is 31.2 Å². The summed E-state index contributed by atoms with van der Waals surface area (Å²) in [5.74, 6) is 0.00289. The Labute approximate surface area is 161 Å². The number of nitrogens with zero attached hydrogens (tertiary/aromatic N) is 3. The highest BCUT2D eigenvalue weighted by atomic mass is 16.2. The van der Waals surface area contributed by atoms with E-state index in [4.69, 9.17) is 0 Å². The van der Waals surface area contributed by atoms with Crippen molar-refractivity contribution in [3.63, 3.8) is 0 Å². The largest absolute Gasteiger partial charge is 0.342 e. The molecule has 5 heteroatoms. The van der Waals surface area contributed by atoms with E-state index < -0.39 is 0 Å². The third-order valence-corrected chi connectivity index (χ3v) is 5.65. The Kier molecular flexibility index (Phi) is 5.49. The Balaban J connectivity index is 2.09. The number of aryl methyl sites for hydroxylation is 2. The number of unbranched alkanes of at least 4 members (excludes halogenated alkanes) is 1. The van der Waals surface area contributed by atoms with Crippen molar-refractivity contribution in [2.75, 3.05) is 20.1 Å². The minimum atomic E-state index is -0.371. The molecule has 2 aromatic rings. The van der Waals surface area contributed by atoms with Gasteiger partial charge in [0.1, 0.15) is 6.04 Å². The van der Waals surface area contributed by atoms with E-state index in [1.165, 1.54) is 0 Å². The van der Waals surface area contributed by atoms with Crippen LogP contribution in [0, 0.1) is 20.8 Å². The fourth-order valence-electron chi connectivity index (χ4n) is 3.85. The Morgan fingerprint density at radius 2 is 1.96 bits per heavy atom. The molecule has 0 N–H and O–H groups in total. The number of hydrogen-bond donors (Lipinski definition) is 0. The summed E-state index contributed by atoms with van der Waals surface area (Å²) in [4.78, 5) is 34.6. The van der Waals surface area contributed by atoms with Crippen molar-refractivity contribution in [2.24, 2.45) is 0 Å². The van der Waals surface area contributed by atoms with Gasteiger partial charge in [-0.15, -0.1) is 0 Å². The number of carbonyl (C=O) groups is 2. The molecule has 0 saturated carbocycles. The van der Waals surface area contributed by atoms with Crippen LogP contribution in [0.15, 0.2) is 18.2 Å². The monoisotopic (exact) mass is 367 g/mol. The summed E-state index contributed by atoms with van der Waals surface area (Å²) in [7, 11) is 1.82. The first-order chi connectivity index (χ1) is 12.8. The first-order valence-electron chi connectivity index (χ1n) is 9.78. The maximum Gasteiger partial charge on any atom is 0.255 e. The van der Waals surface area contributed by atoms with Gasteiger partial charge in [-0.3, -0.25) is 14.6 Å². The van der Waals surface area contributed by atoms with Crippen molar-refractivity contribution in [3.8, 4) is 0 Å². The van der Waals surface area contributed by atoms with E-state index in [0.717, 1.165) is 40.6 Å². The lowest BCUT2D eigenvalue weighted by atomic mass is 9.97. The van der Waals surface area contributed by atoms with Crippen molar-refractivity contribution in [3.05, 3.63) is 40.6 Å². The highest BCUT2D eigenvalue weighted by Gasteiger charge is 2.36. The predicted molar refractivity (Wildman–Crippen MR) is 108 cm³/mol. The third kappa shape index (κ3) is 3.55. The summed E-state index contributed by atoms with van der Waals surface area (Å²) in [5.41, 5.74) is 4.38. The molecular weight excluding hydrogens is 338 g/mol. The van der Waals surface area contributed by atoms with Crippen LogP contribution in [0.5, 0.6) is 0 Å². The van der Waals surface area contributed by atoms with Gasteiger partial charge in [0.25, 0.3) is 5.91 Å². The number of benzene rings is 1. The minimum Gasteiger partial charge on any atom is -0.342 e. The van der Waals surface area contributed by atoms with Crippen LogP contribution in [0.4, 0.5) is 0 Å². The number of carbonyl (C=O) groups excluding carboxylic acids is 2. The maximum absolute atomic E-state index is 13.7. The van der Waals surface area contributed by atoms with Crippen LogP contribution in [0.3, 0.4) is 0 Å². The molecule has 2 heterocycles. The summed E-state index contributed by atoms with van der Waals surface area (Å²) in [6.45, 7) is 9.17. The number of amides is 2. The van der Waals surface area contributed by atoms with E-state index in [-0.39, 0.29) is 17.9 Å². The number of fused-ring (bicyclic) bond motifs is 1. The number of pyridine rings is 1. The molecule has 1 aliphatic heterocycles. The van der Waals surface area contributed by atoms with Crippen LogP contribution < -0.4 is 0 Å². The summed E-state index contributed by atoms with van der Waals surface area (Å²) < 4.78 is 0. The molecule has 5 nitrogen and oxygen atoms in total. The summed E-state index contributed by atoms with van der Waals surface area (Å²) >= 11 is 0. The van der Waals surface area contributed by atoms with Gasteiger partial charge in [-0.05, 0) is 44.9 Å². The third-order valence-electron chi connectivity index (χ3n) is 5.65. The van der Waals surface area contributed by atoms with Crippen LogP contribution in [-0.2, 0) is 4.79 Å². The molecule has 0 radical (unpaired) electrons. The fraction of sp³-hybridized carbons (Fsp3) is 0.500. The summed E-state index contributed by atoms with van der Waals surface area (Å²) in [6.07, 6.45) is 2.65. The molecule has 3 rings (SSSR count). The highest BCUT2D eigenvalue weighted by molar-refractivity contribution is 6.09. The zero-order valence-corrected chi connectivity index (χ0v) is 17.0. The quantitative estimate of drug-likeness (QED) is 0.829. The van der Waals surface area contributed by atoms with Crippen molar-refractivity contribution < 1.29 is 9.59 Å². The lowest BCUT2D eigenvalue weighted by Crippen LogP contribution is -2.57. The number of likely N-dealkylation sites (N-methyl/N-ethyl adjacent to an activating group) is 1. The average Bonchev–Trinajstić information content (AvgIpc) is 2.64. The molecule has 1 atom stereocenters. The lowest BCUT2D eigenvalue weighted by molar-refractivity contribution is -0.138. The van der Waals surface area contributed by atoms with Crippen LogP contribution in [0.25, 0.3) is 10.9 Å². The fourth-order valence-corrected chi connectivity index (χ4v) is 3.85. The zero-order chi connectivity index (χ0) is 19.7. The van der Waals surface area contributed by atoms with Gasteiger partial charge in [-0.25, -0.2) is 0 Å². The first kappa shape index (κ1) is 19.3. The van der Waals surface area contributed by atoms with Gasteiger partial charge in [-0.2, -0.15) is 0 Å². The average molecular weight is 367 g/mol. The van der Waals surface area contributed by atoms with E-state index in [2.05, 4.69) is 11.9 Å². The molecule has 0 aliphatic carbocycles. The predicted octanol–water partition coefficient (Wildman–Crippen LogP) is 3.63. The zero-order valence-electron chi connectivity index (χ0n) is 17.0. The molecule has 1 fully saturated rings. The van der Waals surface area contributed by atoms with E-state index >= 15 is 0 Å². The summed E-state index contributed by atoms with van der Waals surface area (Å²) in [6, 6.07) is 5.64. The van der Waals surface area contributed by atoms with Crippen LogP contribution in [-0.4, -0.2) is 52.8 Å². The maximum atomic E-state index is 13.7. The number of aromatic nitrogens is 1. The normalized spacial score (nSPS) is 17.7. The Bertz CT molecular complexity index is 891. The van der Waals surface area contributed by atoms with E-state index in [9.17, 15) is 9.59 Å². The van der Waals surface area contributed by atoms with Gasteiger partial charge >= 0.3 is 0 Å². The molecule has 0 bridgehead atoms. The second-order valence-electron chi connectivity index (χ2n) is 7.63. The Morgan fingerprint density at radius 3 is 2.67 bits per heavy atom. The first-order valence-corrected chi connectivity index (χ1v) is 9.78. The smallest absolute Gasteiger partial charge is 0.255 e. The SMILES string of the molecule is CCCCC1C(=O)N(C)CCN1C(=O)c1c(C)c(C)nc2ccc(C)cc12. The number of rotatable bonds is 4. The molecule has 1 unspecified atom stereocenters.